The fourth-order valence-electron chi connectivity index (χ4n) is 1.69. The van der Waals surface area contributed by atoms with Gasteiger partial charge < -0.3 is 16.5 Å². The standard InChI is InChI=1S/C12H11N5/c13-8-3-1-7(2-4-8)11-16-10-5-9(14)6-15-12(10)17-11/h1-6H,13-14H2,(H,15,16,17). The van der Waals surface area contributed by atoms with Gasteiger partial charge in [-0.3, -0.25) is 0 Å². The molecule has 0 saturated heterocycles. The van der Waals surface area contributed by atoms with Crippen LogP contribution in [-0.2, 0) is 0 Å². The van der Waals surface area contributed by atoms with Crippen LogP contribution in [0.1, 0.15) is 0 Å². The van der Waals surface area contributed by atoms with E-state index in [4.69, 9.17) is 11.5 Å². The highest BCUT2D eigenvalue weighted by molar-refractivity contribution is 5.78. The summed E-state index contributed by atoms with van der Waals surface area (Å²) in [6, 6.07) is 9.29. The van der Waals surface area contributed by atoms with Gasteiger partial charge in [-0.05, 0) is 30.3 Å². The number of pyridine rings is 1. The van der Waals surface area contributed by atoms with E-state index in [0.717, 1.165) is 28.2 Å². The Morgan fingerprint density at radius 1 is 1.00 bits per heavy atom. The first-order chi connectivity index (χ1) is 8.22. The van der Waals surface area contributed by atoms with E-state index in [9.17, 15) is 0 Å². The fourth-order valence-corrected chi connectivity index (χ4v) is 1.69. The van der Waals surface area contributed by atoms with Crippen molar-refractivity contribution in [1.29, 1.82) is 0 Å². The van der Waals surface area contributed by atoms with Crippen LogP contribution < -0.4 is 11.5 Å². The van der Waals surface area contributed by atoms with Crippen LogP contribution in [0.2, 0.25) is 0 Å². The summed E-state index contributed by atoms with van der Waals surface area (Å²) in [6.07, 6.45) is 1.60. The van der Waals surface area contributed by atoms with E-state index in [2.05, 4.69) is 15.0 Å². The number of fused-ring (bicyclic) bond motifs is 1. The lowest BCUT2D eigenvalue weighted by atomic mass is 10.2. The Morgan fingerprint density at radius 3 is 2.53 bits per heavy atom. The number of imidazole rings is 1. The van der Waals surface area contributed by atoms with Gasteiger partial charge in [0.1, 0.15) is 11.3 Å². The van der Waals surface area contributed by atoms with Crippen molar-refractivity contribution in [2.45, 2.75) is 0 Å². The van der Waals surface area contributed by atoms with Gasteiger partial charge in [0, 0.05) is 11.3 Å². The largest absolute Gasteiger partial charge is 0.399 e. The SMILES string of the molecule is Nc1ccc(-c2nc3cc(N)cnc3[nH]2)cc1. The molecule has 5 nitrogen and oxygen atoms in total. The zero-order chi connectivity index (χ0) is 11.8. The highest BCUT2D eigenvalue weighted by Gasteiger charge is 2.05. The summed E-state index contributed by atoms with van der Waals surface area (Å²) in [5.41, 5.74) is 15.1. The zero-order valence-electron chi connectivity index (χ0n) is 9.01. The molecule has 1 aromatic carbocycles. The molecule has 0 aliphatic heterocycles. The van der Waals surface area contributed by atoms with E-state index in [1.165, 1.54) is 0 Å². The lowest BCUT2D eigenvalue weighted by Crippen LogP contribution is -1.85. The molecule has 0 atom stereocenters. The lowest BCUT2D eigenvalue weighted by Gasteiger charge is -1.96. The molecular weight excluding hydrogens is 214 g/mol. The number of H-pyrrole nitrogens is 1. The number of nitrogens with two attached hydrogens (primary N) is 2. The second-order valence-corrected chi connectivity index (χ2v) is 3.84. The number of hydrogen-bond acceptors (Lipinski definition) is 4. The molecule has 0 aliphatic carbocycles. The first-order valence-electron chi connectivity index (χ1n) is 5.19. The van der Waals surface area contributed by atoms with Gasteiger partial charge >= 0.3 is 0 Å². The Hall–Kier alpha value is -2.56. The summed E-state index contributed by atoms with van der Waals surface area (Å²) in [5.74, 6) is 0.762. The molecule has 0 radical (unpaired) electrons. The van der Waals surface area contributed by atoms with Crippen LogP contribution in [-0.4, -0.2) is 15.0 Å². The number of aromatic nitrogens is 3. The molecular formula is C12H11N5. The smallest absolute Gasteiger partial charge is 0.157 e. The van der Waals surface area contributed by atoms with Crippen LogP contribution in [0.15, 0.2) is 36.5 Å². The van der Waals surface area contributed by atoms with Gasteiger partial charge in [0.05, 0.1) is 11.9 Å². The molecule has 3 aromatic rings. The van der Waals surface area contributed by atoms with Crippen LogP contribution in [0.5, 0.6) is 0 Å². The van der Waals surface area contributed by atoms with Gasteiger partial charge in [0.2, 0.25) is 0 Å². The molecule has 0 spiro atoms. The van der Waals surface area contributed by atoms with Crippen LogP contribution >= 0.6 is 0 Å². The normalized spacial score (nSPS) is 10.8. The Bertz CT molecular complexity index is 669. The van der Waals surface area contributed by atoms with Crippen molar-refractivity contribution in [3.8, 4) is 11.4 Å². The first-order valence-corrected chi connectivity index (χ1v) is 5.19. The quantitative estimate of drug-likeness (QED) is 0.550. The number of rotatable bonds is 1. The Morgan fingerprint density at radius 2 is 1.76 bits per heavy atom. The van der Waals surface area contributed by atoms with Crippen LogP contribution in [0.3, 0.4) is 0 Å². The van der Waals surface area contributed by atoms with Crippen molar-refractivity contribution in [3.05, 3.63) is 36.5 Å². The van der Waals surface area contributed by atoms with E-state index in [1.807, 2.05) is 24.3 Å². The van der Waals surface area contributed by atoms with Gasteiger partial charge in [-0.1, -0.05) is 0 Å². The monoisotopic (exact) mass is 225 g/mol. The maximum atomic E-state index is 5.66. The van der Waals surface area contributed by atoms with Crippen LogP contribution in [0, 0.1) is 0 Å². The van der Waals surface area contributed by atoms with E-state index in [1.54, 1.807) is 12.3 Å². The lowest BCUT2D eigenvalue weighted by molar-refractivity contribution is 1.30. The van der Waals surface area contributed by atoms with E-state index in [-0.39, 0.29) is 0 Å². The Balaban J connectivity index is 2.14. The number of aromatic amines is 1. The molecule has 5 heteroatoms. The van der Waals surface area contributed by atoms with Crippen molar-refractivity contribution >= 4 is 22.5 Å². The van der Waals surface area contributed by atoms with Gasteiger partial charge in [-0.25, -0.2) is 9.97 Å². The number of hydrogen-bond donors (Lipinski definition) is 3. The minimum atomic E-state index is 0.604. The second kappa shape index (κ2) is 3.48. The number of nitrogen functional groups attached to an aromatic ring is 2. The molecule has 0 amide bonds. The molecule has 0 aliphatic rings. The van der Waals surface area contributed by atoms with Gasteiger partial charge in [0.25, 0.3) is 0 Å². The van der Waals surface area contributed by atoms with Crippen molar-refractivity contribution in [1.82, 2.24) is 15.0 Å². The minimum Gasteiger partial charge on any atom is -0.399 e. The summed E-state index contributed by atoms with van der Waals surface area (Å²) in [5, 5.41) is 0. The summed E-state index contributed by atoms with van der Waals surface area (Å²) in [6.45, 7) is 0. The number of nitrogens with zero attached hydrogens (tertiary/aromatic N) is 2. The van der Waals surface area contributed by atoms with E-state index in [0.29, 0.717) is 5.69 Å². The molecule has 0 fully saturated rings. The third kappa shape index (κ3) is 1.67. The molecule has 3 rings (SSSR count). The number of nitrogens with one attached hydrogen (secondary N) is 1. The van der Waals surface area contributed by atoms with Crippen molar-refractivity contribution < 1.29 is 0 Å². The molecule has 2 aromatic heterocycles. The highest BCUT2D eigenvalue weighted by Crippen LogP contribution is 2.21. The summed E-state index contributed by atoms with van der Waals surface area (Å²) >= 11 is 0. The van der Waals surface area contributed by atoms with Crippen molar-refractivity contribution in [2.75, 3.05) is 11.5 Å². The maximum absolute atomic E-state index is 5.66. The van der Waals surface area contributed by atoms with E-state index < -0.39 is 0 Å². The zero-order valence-corrected chi connectivity index (χ0v) is 9.01. The molecule has 17 heavy (non-hydrogen) atoms. The molecule has 0 bridgehead atoms. The molecule has 0 saturated carbocycles. The Labute approximate surface area is 97.5 Å². The minimum absolute atomic E-state index is 0.604. The van der Waals surface area contributed by atoms with Gasteiger partial charge in [0.15, 0.2) is 5.65 Å². The topological polar surface area (TPSA) is 93.6 Å². The third-order valence-corrected chi connectivity index (χ3v) is 2.54. The van der Waals surface area contributed by atoms with E-state index >= 15 is 0 Å². The number of anilines is 2. The predicted molar refractivity (Wildman–Crippen MR) is 68.1 cm³/mol. The number of benzene rings is 1. The van der Waals surface area contributed by atoms with Crippen molar-refractivity contribution in [2.24, 2.45) is 0 Å². The average molecular weight is 225 g/mol. The van der Waals surface area contributed by atoms with Gasteiger partial charge in [-0.2, -0.15) is 0 Å². The van der Waals surface area contributed by atoms with Crippen LogP contribution in [0.4, 0.5) is 11.4 Å². The molecule has 84 valence electrons. The molecule has 0 unspecified atom stereocenters. The van der Waals surface area contributed by atoms with Gasteiger partial charge in [-0.15, -0.1) is 0 Å². The summed E-state index contributed by atoms with van der Waals surface area (Å²) in [4.78, 5) is 11.8. The second-order valence-electron chi connectivity index (χ2n) is 3.84. The average Bonchev–Trinajstić information content (AvgIpc) is 2.72. The third-order valence-electron chi connectivity index (χ3n) is 2.54. The van der Waals surface area contributed by atoms with Crippen LogP contribution in [0.25, 0.3) is 22.6 Å². The summed E-state index contributed by atoms with van der Waals surface area (Å²) in [7, 11) is 0. The first kappa shape index (κ1) is 9.65. The fraction of sp³-hybridized carbons (Fsp3) is 0. The maximum Gasteiger partial charge on any atom is 0.157 e. The Kier molecular flexibility index (Phi) is 1.98. The summed E-state index contributed by atoms with van der Waals surface area (Å²) < 4.78 is 0. The predicted octanol–water partition coefficient (Wildman–Crippen LogP) is 1.79. The van der Waals surface area contributed by atoms with Crippen molar-refractivity contribution in [3.63, 3.8) is 0 Å². The highest BCUT2D eigenvalue weighted by atomic mass is 15.0. The molecule has 2 heterocycles. The molecule has 5 N–H and O–H groups in total.